The van der Waals surface area contributed by atoms with Crippen LogP contribution in [0.15, 0.2) is 65.4 Å². The number of aromatic nitrogens is 2. The molecule has 2 atom stereocenters. The number of nitrogens with zero attached hydrogens (tertiary/aromatic N) is 2. The molecule has 1 fully saturated rings. The van der Waals surface area contributed by atoms with E-state index in [-0.39, 0.29) is 17.4 Å². The van der Waals surface area contributed by atoms with Gasteiger partial charge in [-0.15, -0.1) is 0 Å². The van der Waals surface area contributed by atoms with E-state index in [1.165, 1.54) is 24.0 Å². The highest BCUT2D eigenvalue weighted by Gasteiger charge is 2.49. The molecular weight excluding hydrogens is 450 g/mol. The summed E-state index contributed by atoms with van der Waals surface area (Å²) in [5, 5.41) is 3.36. The van der Waals surface area contributed by atoms with Crippen LogP contribution in [0.3, 0.4) is 0 Å². The molecule has 1 saturated carbocycles. The van der Waals surface area contributed by atoms with Crippen LogP contribution < -0.4 is 5.32 Å². The molecule has 31 heavy (non-hydrogen) atoms. The molecule has 1 N–H and O–H groups in total. The number of hydrogen-bond donors (Lipinski definition) is 1. The second kappa shape index (κ2) is 7.63. The van der Waals surface area contributed by atoms with Gasteiger partial charge in [0.15, 0.2) is 0 Å². The summed E-state index contributed by atoms with van der Waals surface area (Å²) in [5.41, 5.74) is 3.00. The van der Waals surface area contributed by atoms with Crippen molar-refractivity contribution >= 4 is 21.8 Å². The number of benzene rings is 2. The topological polar surface area (TPSA) is 46.9 Å². The van der Waals surface area contributed by atoms with Gasteiger partial charge in [-0.1, -0.05) is 72.1 Å². The predicted octanol–water partition coefficient (Wildman–Crippen LogP) is 5.89. The summed E-state index contributed by atoms with van der Waals surface area (Å²) in [5.74, 6) is 1.14. The number of fused-ring (bicyclic) bond motifs is 3. The Labute approximate surface area is 192 Å². The molecule has 4 nitrogen and oxygen atoms in total. The Hall–Kier alpha value is -2.40. The highest BCUT2D eigenvalue weighted by atomic mass is 79.9. The van der Waals surface area contributed by atoms with E-state index in [1.807, 2.05) is 6.20 Å². The zero-order valence-electron chi connectivity index (χ0n) is 18.1. The quantitative estimate of drug-likeness (QED) is 0.497. The number of amides is 1. The van der Waals surface area contributed by atoms with Crippen molar-refractivity contribution in [1.29, 1.82) is 0 Å². The molecule has 160 valence electrons. The molecule has 2 unspecified atom stereocenters. The Morgan fingerprint density at radius 1 is 1.16 bits per heavy atom. The van der Waals surface area contributed by atoms with Crippen LogP contribution in [0.4, 0.5) is 0 Å². The lowest BCUT2D eigenvalue weighted by Crippen LogP contribution is -2.47. The SMILES string of the molecule is CC(CC(=O)NC1(C)CCCC1)C1(c2ccc(Br)cc2)c2ccccc2-c2nccn21. The third-order valence-electron chi connectivity index (χ3n) is 7.24. The van der Waals surface area contributed by atoms with Crippen LogP contribution in [-0.4, -0.2) is 21.0 Å². The first-order chi connectivity index (χ1) is 14.9. The molecule has 5 rings (SSSR count). The van der Waals surface area contributed by atoms with E-state index in [0.717, 1.165) is 28.7 Å². The molecule has 0 radical (unpaired) electrons. The fourth-order valence-electron chi connectivity index (χ4n) is 5.81. The normalized spacial score (nSPS) is 22.0. The number of carbonyl (C=O) groups excluding carboxylic acids is 1. The lowest BCUT2D eigenvalue weighted by atomic mass is 9.72. The van der Waals surface area contributed by atoms with E-state index < -0.39 is 5.54 Å². The molecule has 2 heterocycles. The van der Waals surface area contributed by atoms with Gasteiger partial charge in [0, 0.05) is 34.4 Å². The third kappa shape index (κ3) is 3.25. The highest BCUT2D eigenvalue weighted by Crippen LogP contribution is 2.52. The molecule has 0 bridgehead atoms. The van der Waals surface area contributed by atoms with E-state index >= 15 is 0 Å². The molecule has 1 aliphatic carbocycles. The Bertz CT molecular complexity index is 1110. The van der Waals surface area contributed by atoms with Crippen LogP contribution >= 0.6 is 15.9 Å². The minimum absolute atomic E-state index is 0.0373. The van der Waals surface area contributed by atoms with Crippen molar-refractivity contribution in [2.24, 2.45) is 5.92 Å². The van der Waals surface area contributed by atoms with Gasteiger partial charge in [0.2, 0.25) is 5.91 Å². The van der Waals surface area contributed by atoms with E-state index in [0.29, 0.717) is 6.42 Å². The first-order valence-electron chi connectivity index (χ1n) is 11.1. The zero-order chi connectivity index (χ0) is 21.6. The van der Waals surface area contributed by atoms with Crippen LogP contribution in [0.5, 0.6) is 0 Å². The minimum Gasteiger partial charge on any atom is -0.351 e. The molecule has 1 aliphatic heterocycles. The van der Waals surface area contributed by atoms with Crippen LogP contribution in [0.1, 0.15) is 57.1 Å². The van der Waals surface area contributed by atoms with E-state index in [9.17, 15) is 4.79 Å². The van der Waals surface area contributed by atoms with Gasteiger partial charge < -0.3 is 9.88 Å². The van der Waals surface area contributed by atoms with Gasteiger partial charge in [0.25, 0.3) is 0 Å². The zero-order valence-corrected chi connectivity index (χ0v) is 19.7. The fraction of sp³-hybridized carbons (Fsp3) is 0.385. The van der Waals surface area contributed by atoms with Crippen LogP contribution in [-0.2, 0) is 10.3 Å². The van der Waals surface area contributed by atoms with E-state index in [1.54, 1.807) is 0 Å². The largest absolute Gasteiger partial charge is 0.351 e. The fourth-order valence-corrected chi connectivity index (χ4v) is 6.07. The van der Waals surface area contributed by atoms with Gasteiger partial charge in [-0.2, -0.15) is 0 Å². The summed E-state index contributed by atoms with van der Waals surface area (Å²) in [4.78, 5) is 17.9. The second-order valence-corrected chi connectivity index (χ2v) is 10.3. The number of halogens is 1. The summed E-state index contributed by atoms with van der Waals surface area (Å²) < 4.78 is 3.32. The number of imidazole rings is 1. The summed E-state index contributed by atoms with van der Waals surface area (Å²) in [7, 11) is 0. The van der Waals surface area contributed by atoms with Gasteiger partial charge >= 0.3 is 0 Å². The number of rotatable bonds is 5. The molecular formula is C26H28BrN3O. The molecule has 1 amide bonds. The summed E-state index contributed by atoms with van der Waals surface area (Å²) in [6, 6.07) is 17.0. The summed E-state index contributed by atoms with van der Waals surface area (Å²) in [6.45, 7) is 4.39. The number of nitrogens with one attached hydrogen (secondary N) is 1. The minimum atomic E-state index is -0.475. The average Bonchev–Trinajstić information content (AvgIpc) is 3.44. The molecule has 2 aliphatic rings. The van der Waals surface area contributed by atoms with Gasteiger partial charge in [-0.3, -0.25) is 4.79 Å². The highest BCUT2D eigenvalue weighted by molar-refractivity contribution is 9.10. The first-order valence-corrected chi connectivity index (χ1v) is 11.9. The Kier molecular flexibility index (Phi) is 5.04. The predicted molar refractivity (Wildman–Crippen MR) is 127 cm³/mol. The van der Waals surface area contributed by atoms with Crippen molar-refractivity contribution in [2.75, 3.05) is 0 Å². The Morgan fingerprint density at radius 2 is 1.87 bits per heavy atom. The van der Waals surface area contributed by atoms with Crippen molar-refractivity contribution < 1.29 is 4.79 Å². The molecule has 0 spiro atoms. The van der Waals surface area contributed by atoms with Crippen LogP contribution in [0.25, 0.3) is 11.4 Å². The molecule has 0 saturated heterocycles. The van der Waals surface area contributed by atoms with Crippen molar-refractivity contribution in [1.82, 2.24) is 14.9 Å². The maximum absolute atomic E-state index is 13.2. The van der Waals surface area contributed by atoms with E-state index in [4.69, 9.17) is 0 Å². The summed E-state index contributed by atoms with van der Waals surface area (Å²) >= 11 is 3.58. The molecule has 1 aromatic heterocycles. The lowest BCUT2D eigenvalue weighted by molar-refractivity contribution is -0.124. The van der Waals surface area contributed by atoms with Gasteiger partial charge in [0.05, 0.1) is 0 Å². The maximum atomic E-state index is 13.2. The molecule has 5 heteroatoms. The third-order valence-corrected chi connectivity index (χ3v) is 7.77. The number of hydrogen-bond acceptors (Lipinski definition) is 2. The molecule has 3 aromatic rings. The Morgan fingerprint density at radius 3 is 2.61 bits per heavy atom. The van der Waals surface area contributed by atoms with Crippen molar-refractivity contribution in [3.63, 3.8) is 0 Å². The maximum Gasteiger partial charge on any atom is 0.220 e. The van der Waals surface area contributed by atoms with Gasteiger partial charge in [-0.25, -0.2) is 4.98 Å². The number of carbonyl (C=O) groups is 1. The first kappa shape index (κ1) is 20.5. The van der Waals surface area contributed by atoms with Crippen molar-refractivity contribution in [2.45, 2.75) is 57.0 Å². The van der Waals surface area contributed by atoms with Crippen molar-refractivity contribution in [3.05, 3.63) is 76.5 Å². The van der Waals surface area contributed by atoms with E-state index in [2.05, 4.69) is 99.4 Å². The van der Waals surface area contributed by atoms with Crippen LogP contribution in [0.2, 0.25) is 0 Å². The Balaban J connectivity index is 1.59. The molecule has 2 aromatic carbocycles. The van der Waals surface area contributed by atoms with Crippen molar-refractivity contribution in [3.8, 4) is 11.4 Å². The smallest absolute Gasteiger partial charge is 0.220 e. The summed E-state index contributed by atoms with van der Waals surface area (Å²) in [6.07, 6.45) is 8.91. The second-order valence-electron chi connectivity index (χ2n) is 9.36. The lowest BCUT2D eigenvalue weighted by Gasteiger charge is -2.39. The van der Waals surface area contributed by atoms with Gasteiger partial charge in [0.1, 0.15) is 11.4 Å². The van der Waals surface area contributed by atoms with Crippen LogP contribution in [0, 0.1) is 5.92 Å². The van der Waals surface area contributed by atoms with Gasteiger partial charge in [-0.05, 0) is 48.9 Å². The monoisotopic (exact) mass is 477 g/mol. The standard InChI is InChI=1S/C26H28BrN3O/c1-18(17-23(31)29-25(2)13-5-6-14-25)26(19-9-11-20(27)12-10-19)22-8-4-3-7-21(22)24-28-15-16-30(24)26/h3-4,7-12,15-16,18H,5-6,13-14,17H2,1-2H3,(H,29,31). The average molecular weight is 478 g/mol.